The van der Waals surface area contributed by atoms with Gasteiger partial charge in [-0.1, -0.05) is 13.8 Å². The van der Waals surface area contributed by atoms with E-state index in [0.29, 0.717) is 0 Å². The van der Waals surface area contributed by atoms with Crippen molar-refractivity contribution >= 4 is 18.3 Å². The lowest BCUT2D eigenvalue weighted by Crippen LogP contribution is -2.55. The van der Waals surface area contributed by atoms with Gasteiger partial charge in [-0.25, -0.2) is 0 Å². The van der Waals surface area contributed by atoms with Crippen LogP contribution in [0.4, 0.5) is 0 Å². The van der Waals surface area contributed by atoms with Gasteiger partial charge in [-0.15, -0.1) is 12.4 Å². The number of amides is 1. The minimum absolute atomic E-state index is 0. The zero-order valence-corrected chi connectivity index (χ0v) is 14.6. The molecular weight excluding hydrogens is 286 g/mol. The van der Waals surface area contributed by atoms with E-state index in [-0.39, 0.29) is 24.4 Å². The summed E-state index contributed by atoms with van der Waals surface area (Å²) in [5.41, 5.74) is 5.68. The third-order valence-corrected chi connectivity index (χ3v) is 5.22. The normalized spacial score (nSPS) is 29.1. The Kier molecular flexibility index (Phi) is 7.45. The van der Waals surface area contributed by atoms with Gasteiger partial charge >= 0.3 is 0 Å². The molecule has 2 fully saturated rings. The second kappa shape index (κ2) is 8.35. The number of carbonyl (C=O) groups excluding carboxylic acids is 1. The highest BCUT2D eigenvalue weighted by atomic mass is 35.5. The van der Waals surface area contributed by atoms with Gasteiger partial charge in [0.1, 0.15) is 0 Å². The number of halogens is 1. The molecule has 0 aromatic heterocycles. The molecule has 1 aliphatic heterocycles. The molecule has 1 unspecified atom stereocenters. The minimum Gasteiger partial charge on any atom is -0.339 e. The summed E-state index contributed by atoms with van der Waals surface area (Å²) in [7, 11) is 0. The van der Waals surface area contributed by atoms with Gasteiger partial charge in [0.15, 0.2) is 0 Å². The first-order valence-electron chi connectivity index (χ1n) is 8.27. The molecule has 124 valence electrons. The van der Waals surface area contributed by atoms with Crippen LogP contribution < -0.4 is 5.73 Å². The monoisotopic (exact) mass is 317 g/mol. The molecule has 0 spiro atoms. The molecule has 2 N–H and O–H groups in total. The Morgan fingerprint density at radius 1 is 1.00 bits per heavy atom. The number of carbonyl (C=O) groups is 1. The molecular formula is C16H32ClN3O. The molecule has 0 aromatic rings. The molecule has 1 atom stereocenters. The Morgan fingerprint density at radius 2 is 1.52 bits per heavy atom. The number of rotatable bonds is 3. The van der Waals surface area contributed by atoms with Gasteiger partial charge < -0.3 is 10.6 Å². The zero-order valence-electron chi connectivity index (χ0n) is 13.8. The largest absolute Gasteiger partial charge is 0.339 e. The first-order chi connectivity index (χ1) is 9.49. The molecule has 2 aliphatic rings. The van der Waals surface area contributed by atoms with E-state index in [1.807, 2.05) is 4.90 Å². The van der Waals surface area contributed by atoms with E-state index in [1.165, 1.54) is 25.7 Å². The second-order valence-electron chi connectivity index (χ2n) is 6.96. The van der Waals surface area contributed by atoms with Crippen molar-refractivity contribution in [1.29, 1.82) is 0 Å². The molecule has 1 aliphatic carbocycles. The fraction of sp³-hybridized carbons (Fsp3) is 0.938. The average Bonchev–Trinajstić information content (AvgIpc) is 2.46. The molecule has 1 heterocycles. The van der Waals surface area contributed by atoms with Crippen LogP contribution in [0, 0.1) is 11.8 Å². The van der Waals surface area contributed by atoms with Crippen LogP contribution in [0.1, 0.15) is 46.5 Å². The van der Waals surface area contributed by atoms with Gasteiger partial charge in [-0.05, 0) is 44.4 Å². The highest BCUT2D eigenvalue weighted by molar-refractivity contribution is 5.85. The molecule has 21 heavy (non-hydrogen) atoms. The quantitative estimate of drug-likeness (QED) is 0.867. The fourth-order valence-electron chi connectivity index (χ4n) is 3.73. The number of nitrogens with zero attached hydrogens (tertiary/aromatic N) is 2. The lowest BCUT2D eigenvalue weighted by Gasteiger charge is -2.42. The van der Waals surface area contributed by atoms with Gasteiger partial charge in [-0.2, -0.15) is 0 Å². The topological polar surface area (TPSA) is 49.6 Å². The Bertz CT molecular complexity index is 319. The van der Waals surface area contributed by atoms with E-state index in [4.69, 9.17) is 5.73 Å². The Morgan fingerprint density at radius 3 is 1.95 bits per heavy atom. The van der Waals surface area contributed by atoms with Crippen molar-refractivity contribution in [2.75, 3.05) is 26.2 Å². The number of hydrogen-bond acceptors (Lipinski definition) is 3. The molecule has 1 saturated carbocycles. The highest BCUT2D eigenvalue weighted by Gasteiger charge is 2.30. The zero-order chi connectivity index (χ0) is 14.7. The molecule has 2 rings (SSSR count). The molecule has 0 aromatic carbocycles. The van der Waals surface area contributed by atoms with Gasteiger partial charge in [0.05, 0.1) is 6.04 Å². The summed E-state index contributed by atoms with van der Waals surface area (Å²) in [6.45, 7) is 10.2. The summed E-state index contributed by atoms with van der Waals surface area (Å²) >= 11 is 0. The first kappa shape index (κ1) is 18.7. The van der Waals surface area contributed by atoms with Crippen molar-refractivity contribution in [2.24, 2.45) is 17.6 Å². The van der Waals surface area contributed by atoms with E-state index in [0.717, 1.165) is 44.1 Å². The van der Waals surface area contributed by atoms with Crippen LogP contribution in [-0.4, -0.2) is 54.0 Å². The maximum absolute atomic E-state index is 11.9. The Labute approximate surface area is 135 Å². The van der Waals surface area contributed by atoms with E-state index in [2.05, 4.69) is 18.7 Å². The lowest BCUT2D eigenvalue weighted by atomic mass is 9.79. The van der Waals surface area contributed by atoms with E-state index >= 15 is 0 Å². The van der Waals surface area contributed by atoms with Crippen LogP contribution in [0.15, 0.2) is 0 Å². The Balaban J connectivity index is 0.00000220. The molecule has 0 radical (unpaired) electrons. The van der Waals surface area contributed by atoms with Gasteiger partial charge in [0.25, 0.3) is 0 Å². The summed E-state index contributed by atoms with van der Waals surface area (Å²) in [6.07, 6.45) is 5.43. The second-order valence-corrected chi connectivity index (χ2v) is 6.96. The lowest BCUT2D eigenvalue weighted by molar-refractivity contribution is -0.134. The van der Waals surface area contributed by atoms with Crippen LogP contribution in [0.25, 0.3) is 0 Å². The smallest absolute Gasteiger partial charge is 0.239 e. The summed E-state index contributed by atoms with van der Waals surface area (Å²) in [5, 5.41) is 0. The first-order valence-corrected chi connectivity index (χ1v) is 8.27. The van der Waals surface area contributed by atoms with Crippen molar-refractivity contribution in [2.45, 2.75) is 58.5 Å². The highest BCUT2D eigenvalue weighted by Crippen LogP contribution is 2.32. The van der Waals surface area contributed by atoms with Gasteiger partial charge in [0.2, 0.25) is 5.91 Å². The number of hydrogen-bond donors (Lipinski definition) is 1. The molecule has 5 heteroatoms. The van der Waals surface area contributed by atoms with Crippen molar-refractivity contribution in [3.63, 3.8) is 0 Å². The summed E-state index contributed by atoms with van der Waals surface area (Å²) in [5.74, 6) is 1.86. The number of nitrogens with two attached hydrogens (primary N) is 1. The van der Waals surface area contributed by atoms with Crippen molar-refractivity contribution in [3.8, 4) is 0 Å². The summed E-state index contributed by atoms with van der Waals surface area (Å²) in [6, 6.07) is 0.389. The fourth-order valence-corrected chi connectivity index (χ4v) is 3.73. The molecule has 1 saturated heterocycles. The Hall–Kier alpha value is -0.320. The van der Waals surface area contributed by atoms with Gasteiger partial charge in [-0.3, -0.25) is 9.69 Å². The summed E-state index contributed by atoms with van der Waals surface area (Å²) in [4.78, 5) is 16.4. The molecule has 0 bridgehead atoms. The minimum atomic E-state index is -0.358. The maximum Gasteiger partial charge on any atom is 0.239 e. The third-order valence-electron chi connectivity index (χ3n) is 5.22. The van der Waals surface area contributed by atoms with Crippen LogP contribution in [-0.2, 0) is 4.79 Å². The SMILES string of the molecule is CC(N)C(=O)N1CCN(C2CCC(C(C)C)CC2)CC1.Cl. The third kappa shape index (κ3) is 4.83. The maximum atomic E-state index is 11.9. The summed E-state index contributed by atoms with van der Waals surface area (Å²) < 4.78 is 0. The van der Waals surface area contributed by atoms with Crippen LogP contribution in [0.3, 0.4) is 0 Å². The predicted molar refractivity (Wildman–Crippen MR) is 89.6 cm³/mol. The number of piperazine rings is 1. The standard InChI is InChI=1S/C16H31N3O.ClH/c1-12(2)14-4-6-15(7-5-14)18-8-10-19(11-9-18)16(20)13(3)17;/h12-15H,4-11,17H2,1-3H3;1H. The van der Waals surface area contributed by atoms with Gasteiger partial charge in [0, 0.05) is 32.2 Å². The van der Waals surface area contributed by atoms with Crippen LogP contribution >= 0.6 is 12.4 Å². The van der Waals surface area contributed by atoms with Crippen LogP contribution in [0.5, 0.6) is 0 Å². The molecule has 1 amide bonds. The van der Waals surface area contributed by atoms with Crippen molar-refractivity contribution in [3.05, 3.63) is 0 Å². The molecule has 4 nitrogen and oxygen atoms in total. The predicted octanol–water partition coefficient (Wildman–Crippen LogP) is 2.11. The van der Waals surface area contributed by atoms with Crippen molar-refractivity contribution in [1.82, 2.24) is 9.80 Å². The average molecular weight is 318 g/mol. The van der Waals surface area contributed by atoms with E-state index < -0.39 is 0 Å². The van der Waals surface area contributed by atoms with Crippen LogP contribution in [0.2, 0.25) is 0 Å². The van der Waals surface area contributed by atoms with E-state index in [1.54, 1.807) is 6.92 Å². The van der Waals surface area contributed by atoms with Crippen molar-refractivity contribution < 1.29 is 4.79 Å². The van der Waals surface area contributed by atoms with E-state index in [9.17, 15) is 4.79 Å².